The number of piperidine rings is 1. The third kappa shape index (κ3) is 2.77. The predicted molar refractivity (Wildman–Crippen MR) is 77.5 cm³/mol. The number of ether oxygens (including phenoxy) is 1. The number of hydrogen-bond donors (Lipinski definition) is 0. The third-order valence-electron chi connectivity index (χ3n) is 4.65. The number of nitrogens with zero attached hydrogens (tertiary/aromatic N) is 2. The molecular weight excluding hydrogens is 236 g/mol. The molecule has 3 nitrogen and oxygen atoms in total. The maximum atomic E-state index is 5.47. The first-order chi connectivity index (χ1) is 9.28. The van der Waals surface area contributed by atoms with E-state index in [2.05, 4.69) is 34.9 Å². The first kappa shape index (κ1) is 12.9. The summed E-state index contributed by atoms with van der Waals surface area (Å²) in [7, 11) is 0. The van der Waals surface area contributed by atoms with Gasteiger partial charge >= 0.3 is 0 Å². The minimum Gasteiger partial charge on any atom is -0.379 e. The Morgan fingerprint density at radius 1 is 1.11 bits per heavy atom. The summed E-state index contributed by atoms with van der Waals surface area (Å²) < 4.78 is 5.47. The molecule has 0 N–H and O–H groups in total. The van der Waals surface area contributed by atoms with Crippen LogP contribution in [0.15, 0.2) is 24.3 Å². The molecule has 2 saturated heterocycles. The number of rotatable bonds is 2. The Morgan fingerprint density at radius 2 is 1.84 bits per heavy atom. The molecule has 0 amide bonds. The Bertz CT molecular complexity index is 392. The van der Waals surface area contributed by atoms with E-state index in [1.807, 2.05) is 12.1 Å². The molecule has 0 bridgehead atoms. The minimum absolute atomic E-state index is 0.356. The van der Waals surface area contributed by atoms with Crippen molar-refractivity contribution < 1.29 is 4.74 Å². The molecule has 2 aliphatic heterocycles. The van der Waals surface area contributed by atoms with E-state index in [4.69, 9.17) is 4.74 Å². The molecule has 3 rings (SSSR count). The summed E-state index contributed by atoms with van der Waals surface area (Å²) in [5, 5.41) is 0. The first-order valence-electron chi connectivity index (χ1n) is 7.32. The van der Waals surface area contributed by atoms with Crippen molar-refractivity contribution in [1.29, 1.82) is 0 Å². The molecule has 0 unspecified atom stereocenters. The molecule has 2 aliphatic rings. The normalized spacial score (nSPS) is 24.4. The standard InChI is InChI=1S/C16H23N2O/c1-16(18-11-13-19-14-12-18)7-9-17(10-8-16)15-5-3-2-4-6-15/h2-5H,7-14H2,1H3. The molecule has 0 aliphatic carbocycles. The zero-order chi connectivity index (χ0) is 13.1. The van der Waals surface area contributed by atoms with Crippen LogP contribution in [0.4, 0.5) is 5.69 Å². The van der Waals surface area contributed by atoms with Gasteiger partial charge in [-0.1, -0.05) is 18.2 Å². The van der Waals surface area contributed by atoms with Gasteiger partial charge in [0.1, 0.15) is 0 Å². The van der Waals surface area contributed by atoms with E-state index in [-0.39, 0.29) is 0 Å². The summed E-state index contributed by atoms with van der Waals surface area (Å²) in [5.74, 6) is 0. The van der Waals surface area contributed by atoms with Gasteiger partial charge in [-0.3, -0.25) is 4.90 Å². The van der Waals surface area contributed by atoms with Crippen LogP contribution in [0.3, 0.4) is 0 Å². The van der Waals surface area contributed by atoms with E-state index in [1.165, 1.54) is 18.5 Å². The lowest BCUT2D eigenvalue weighted by atomic mass is 9.87. The van der Waals surface area contributed by atoms with Crippen LogP contribution in [-0.2, 0) is 4.74 Å². The maximum absolute atomic E-state index is 5.47. The van der Waals surface area contributed by atoms with Crippen molar-refractivity contribution in [2.45, 2.75) is 25.3 Å². The molecule has 3 heteroatoms. The van der Waals surface area contributed by atoms with Gasteiger partial charge in [0.15, 0.2) is 0 Å². The van der Waals surface area contributed by atoms with Gasteiger partial charge in [0.2, 0.25) is 0 Å². The minimum atomic E-state index is 0.356. The van der Waals surface area contributed by atoms with Gasteiger partial charge in [0.25, 0.3) is 0 Å². The molecular formula is C16H23N2O. The number of para-hydroxylation sites is 1. The fourth-order valence-electron chi connectivity index (χ4n) is 3.23. The van der Waals surface area contributed by atoms with Gasteiger partial charge in [-0.2, -0.15) is 0 Å². The highest BCUT2D eigenvalue weighted by Gasteiger charge is 2.36. The summed E-state index contributed by atoms with van der Waals surface area (Å²) in [5.41, 5.74) is 1.60. The summed E-state index contributed by atoms with van der Waals surface area (Å²) in [4.78, 5) is 5.09. The molecule has 19 heavy (non-hydrogen) atoms. The molecule has 2 fully saturated rings. The van der Waals surface area contributed by atoms with E-state index in [0.29, 0.717) is 5.54 Å². The van der Waals surface area contributed by atoms with Gasteiger partial charge < -0.3 is 9.64 Å². The molecule has 0 saturated carbocycles. The molecule has 0 spiro atoms. The van der Waals surface area contributed by atoms with Crippen LogP contribution in [0.5, 0.6) is 0 Å². The second kappa shape index (κ2) is 5.51. The van der Waals surface area contributed by atoms with Crippen molar-refractivity contribution in [3.8, 4) is 0 Å². The quantitative estimate of drug-likeness (QED) is 0.809. The zero-order valence-electron chi connectivity index (χ0n) is 11.8. The average molecular weight is 259 g/mol. The number of anilines is 1. The summed E-state index contributed by atoms with van der Waals surface area (Å²) in [6.45, 7) is 8.66. The van der Waals surface area contributed by atoms with Crippen LogP contribution in [-0.4, -0.2) is 49.8 Å². The second-order valence-corrected chi connectivity index (χ2v) is 5.83. The molecule has 2 heterocycles. The molecule has 1 aromatic rings. The fraction of sp³-hybridized carbons (Fsp3) is 0.625. The Hall–Kier alpha value is -1.06. The lowest BCUT2D eigenvalue weighted by molar-refractivity contribution is -0.0248. The van der Waals surface area contributed by atoms with Crippen molar-refractivity contribution in [3.63, 3.8) is 0 Å². The van der Waals surface area contributed by atoms with E-state index < -0.39 is 0 Å². The Kier molecular flexibility index (Phi) is 3.76. The summed E-state index contributed by atoms with van der Waals surface area (Å²) in [6.07, 6.45) is 2.46. The molecule has 0 aromatic heterocycles. The largest absolute Gasteiger partial charge is 0.379 e. The van der Waals surface area contributed by atoms with Crippen LogP contribution in [0.1, 0.15) is 19.8 Å². The lowest BCUT2D eigenvalue weighted by Gasteiger charge is -2.48. The monoisotopic (exact) mass is 259 g/mol. The molecule has 0 atom stereocenters. The maximum Gasteiger partial charge on any atom is 0.0594 e. The Morgan fingerprint density at radius 3 is 2.47 bits per heavy atom. The molecule has 1 radical (unpaired) electrons. The summed E-state index contributed by atoms with van der Waals surface area (Å²) in [6, 6.07) is 11.6. The molecule has 103 valence electrons. The number of benzene rings is 1. The topological polar surface area (TPSA) is 15.7 Å². The van der Waals surface area contributed by atoms with Gasteiger partial charge in [0, 0.05) is 43.5 Å². The number of morpholine rings is 1. The third-order valence-corrected chi connectivity index (χ3v) is 4.65. The van der Waals surface area contributed by atoms with Crippen molar-refractivity contribution in [2.24, 2.45) is 0 Å². The predicted octanol–water partition coefficient (Wildman–Crippen LogP) is 2.18. The smallest absolute Gasteiger partial charge is 0.0594 e. The van der Waals surface area contributed by atoms with E-state index in [0.717, 1.165) is 39.4 Å². The Balaban J connectivity index is 1.62. The van der Waals surface area contributed by atoms with Gasteiger partial charge in [-0.25, -0.2) is 0 Å². The van der Waals surface area contributed by atoms with Crippen LogP contribution >= 0.6 is 0 Å². The average Bonchev–Trinajstić information content (AvgIpc) is 2.50. The highest BCUT2D eigenvalue weighted by atomic mass is 16.5. The van der Waals surface area contributed by atoms with Gasteiger partial charge in [0.05, 0.1) is 13.2 Å². The van der Waals surface area contributed by atoms with E-state index in [1.54, 1.807) is 0 Å². The van der Waals surface area contributed by atoms with Crippen LogP contribution in [0.25, 0.3) is 0 Å². The van der Waals surface area contributed by atoms with Crippen molar-refractivity contribution in [1.82, 2.24) is 4.90 Å². The van der Waals surface area contributed by atoms with Crippen molar-refractivity contribution in [2.75, 3.05) is 44.3 Å². The fourth-order valence-corrected chi connectivity index (χ4v) is 3.23. The highest BCUT2D eigenvalue weighted by Crippen LogP contribution is 2.31. The van der Waals surface area contributed by atoms with E-state index in [9.17, 15) is 0 Å². The lowest BCUT2D eigenvalue weighted by Crippen LogP contribution is -2.56. The first-order valence-corrected chi connectivity index (χ1v) is 7.32. The van der Waals surface area contributed by atoms with Crippen molar-refractivity contribution in [3.05, 3.63) is 30.3 Å². The highest BCUT2D eigenvalue weighted by molar-refractivity contribution is 5.45. The number of hydrogen-bond acceptors (Lipinski definition) is 3. The molecule has 1 aromatic carbocycles. The SMILES string of the molecule is CC1(N2CCOCC2)CCN(c2[c]cccc2)CC1. The van der Waals surface area contributed by atoms with Crippen molar-refractivity contribution >= 4 is 5.69 Å². The van der Waals surface area contributed by atoms with Gasteiger partial charge in [-0.05, 0) is 25.8 Å². The Labute approximate surface area is 116 Å². The zero-order valence-corrected chi connectivity index (χ0v) is 11.8. The van der Waals surface area contributed by atoms with Crippen LogP contribution in [0.2, 0.25) is 0 Å². The van der Waals surface area contributed by atoms with Gasteiger partial charge in [-0.15, -0.1) is 0 Å². The van der Waals surface area contributed by atoms with E-state index >= 15 is 0 Å². The van der Waals surface area contributed by atoms with Crippen LogP contribution in [0, 0.1) is 6.07 Å². The second-order valence-electron chi connectivity index (χ2n) is 5.83. The van der Waals surface area contributed by atoms with Crippen LogP contribution < -0.4 is 4.90 Å². The summed E-state index contributed by atoms with van der Waals surface area (Å²) >= 11 is 0.